The highest BCUT2D eigenvalue weighted by Gasteiger charge is 2.25. The van der Waals surface area contributed by atoms with Gasteiger partial charge in [0.1, 0.15) is 6.04 Å². The Hall–Kier alpha value is -0.800. The predicted octanol–water partition coefficient (Wildman–Crippen LogP) is 1.85. The van der Waals surface area contributed by atoms with Crippen LogP contribution in [-0.2, 0) is 4.74 Å². The molecular formula is C9H15F3N2O. The zero-order valence-corrected chi connectivity index (χ0v) is 8.60. The van der Waals surface area contributed by atoms with E-state index in [2.05, 4.69) is 5.32 Å². The molecule has 0 heterocycles. The molecule has 1 atom stereocenters. The summed E-state index contributed by atoms with van der Waals surface area (Å²) >= 11 is 0. The van der Waals surface area contributed by atoms with Crippen LogP contribution in [-0.4, -0.2) is 32.0 Å². The Labute approximate surface area is 87.2 Å². The molecule has 0 amide bonds. The van der Waals surface area contributed by atoms with Crippen molar-refractivity contribution in [1.29, 1.82) is 5.26 Å². The van der Waals surface area contributed by atoms with E-state index in [0.717, 1.165) is 0 Å². The Balaban J connectivity index is 3.42. The quantitative estimate of drug-likeness (QED) is 0.671. The summed E-state index contributed by atoms with van der Waals surface area (Å²) in [5, 5.41) is 11.4. The van der Waals surface area contributed by atoms with Crippen molar-refractivity contribution in [3.63, 3.8) is 0 Å². The number of hydrogen-bond donors (Lipinski definition) is 1. The summed E-state index contributed by atoms with van der Waals surface area (Å²) in [6.07, 6.45) is -5.03. The van der Waals surface area contributed by atoms with Gasteiger partial charge in [-0.1, -0.05) is 6.92 Å². The van der Waals surface area contributed by atoms with Gasteiger partial charge in [-0.2, -0.15) is 18.4 Å². The summed E-state index contributed by atoms with van der Waals surface area (Å²) in [7, 11) is 0. The number of nitrogens with zero attached hydrogens (tertiary/aromatic N) is 1. The number of hydrogen-bond acceptors (Lipinski definition) is 3. The molecule has 88 valence electrons. The van der Waals surface area contributed by atoms with E-state index in [1.54, 1.807) is 0 Å². The average molecular weight is 224 g/mol. The Kier molecular flexibility index (Phi) is 7.09. The van der Waals surface area contributed by atoms with E-state index >= 15 is 0 Å². The van der Waals surface area contributed by atoms with E-state index in [1.165, 1.54) is 0 Å². The maximum absolute atomic E-state index is 11.7. The van der Waals surface area contributed by atoms with Crippen LogP contribution in [0.15, 0.2) is 0 Å². The Morgan fingerprint density at radius 1 is 1.47 bits per heavy atom. The number of alkyl halides is 3. The lowest BCUT2D eigenvalue weighted by Gasteiger charge is -2.10. The standard InChI is InChI=1S/C9H15F3N2O/c1-2-14-8(6-13)7-15-5-3-4-9(10,11)12/h8,14H,2-5,7H2,1H3. The van der Waals surface area contributed by atoms with Crippen LogP contribution in [0.3, 0.4) is 0 Å². The van der Waals surface area contributed by atoms with Crippen molar-refractivity contribution in [3.05, 3.63) is 0 Å². The van der Waals surface area contributed by atoms with Gasteiger partial charge in [0.15, 0.2) is 0 Å². The minimum absolute atomic E-state index is 0.0308. The smallest absolute Gasteiger partial charge is 0.379 e. The van der Waals surface area contributed by atoms with Crippen molar-refractivity contribution >= 4 is 0 Å². The summed E-state index contributed by atoms with van der Waals surface area (Å²) in [6, 6.07) is 1.51. The van der Waals surface area contributed by atoms with E-state index in [0.29, 0.717) is 6.54 Å². The number of likely N-dealkylation sites (N-methyl/N-ethyl adjacent to an activating group) is 1. The van der Waals surface area contributed by atoms with Gasteiger partial charge >= 0.3 is 6.18 Å². The fourth-order valence-corrected chi connectivity index (χ4v) is 0.964. The minimum atomic E-state index is -4.13. The van der Waals surface area contributed by atoms with Gasteiger partial charge in [0.2, 0.25) is 0 Å². The van der Waals surface area contributed by atoms with E-state index in [1.807, 2.05) is 13.0 Å². The molecule has 0 spiro atoms. The number of ether oxygens (including phenoxy) is 1. The average Bonchev–Trinajstić information content (AvgIpc) is 2.14. The molecule has 3 nitrogen and oxygen atoms in total. The fraction of sp³-hybridized carbons (Fsp3) is 0.889. The molecule has 0 aromatic rings. The number of rotatable bonds is 7. The summed E-state index contributed by atoms with van der Waals surface area (Å²) < 4.78 is 40.1. The zero-order chi connectivity index (χ0) is 11.7. The lowest BCUT2D eigenvalue weighted by molar-refractivity contribution is -0.137. The van der Waals surface area contributed by atoms with E-state index in [-0.39, 0.29) is 19.6 Å². The Bertz CT molecular complexity index is 201. The highest BCUT2D eigenvalue weighted by molar-refractivity contribution is 4.88. The normalized spacial score (nSPS) is 13.5. The summed E-state index contributed by atoms with van der Waals surface area (Å²) in [6.45, 7) is 2.63. The van der Waals surface area contributed by atoms with Crippen molar-refractivity contribution < 1.29 is 17.9 Å². The predicted molar refractivity (Wildman–Crippen MR) is 49.2 cm³/mol. The van der Waals surface area contributed by atoms with E-state index in [9.17, 15) is 13.2 Å². The third-order valence-electron chi connectivity index (χ3n) is 1.64. The van der Waals surface area contributed by atoms with Gasteiger partial charge in [0, 0.05) is 13.0 Å². The van der Waals surface area contributed by atoms with Crippen molar-refractivity contribution in [2.24, 2.45) is 0 Å². The summed E-state index contributed by atoms with van der Waals surface area (Å²) in [5.74, 6) is 0. The van der Waals surface area contributed by atoms with Gasteiger partial charge in [-0.05, 0) is 13.0 Å². The maximum Gasteiger partial charge on any atom is 0.389 e. The van der Waals surface area contributed by atoms with Crippen molar-refractivity contribution in [2.45, 2.75) is 32.0 Å². The topological polar surface area (TPSA) is 45.0 Å². The van der Waals surface area contributed by atoms with Crippen LogP contribution in [0.25, 0.3) is 0 Å². The molecule has 6 heteroatoms. The Morgan fingerprint density at radius 2 is 2.13 bits per heavy atom. The van der Waals surface area contributed by atoms with Crippen molar-refractivity contribution in [2.75, 3.05) is 19.8 Å². The van der Waals surface area contributed by atoms with Gasteiger partial charge in [-0.15, -0.1) is 0 Å². The van der Waals surface area contributed by atoms with Gasteiger partial charge in [0.05, 0.1) is 12.7 Å². The summed E-state index contributed by atoms with van der Waals surface area (Å²) in [4.78, 5) is 0. The second-order valence-corrected chi connectivity index (χ2v) is 3.03. The molecule has 0 radical (unpaired) electrons. The van der Waals surface area contributed by atoms with Gasteiger partial charge in [-0.3, -0.25) is 0 Å². The van der Waals surface area contributed by atoms with Crippen LogP contribution in [0.2, 0.25) is 0 Å². The molecule has 1 N–H and O–H groups in total. The number of nitriles is 1. The number of nitrogens with one attached hydrogen (secondary N) is 1. The fourth-order valence-electron chi connectivity index (χ4n) is 0.964. The third-order valence-corrected chi connectivity index (χ3v) is 1.64. The van der Waals surface area contributed by atoms with Crippen LogP contribution < -0.4 is 5.32 Å². The van der Waals surface area contributed by atoms with Crippen molar-refractivity contribution in [3.8, 4) is 6.07 Å². The van der Waals surface area contributed by atoms with Crippen LogP contribution in [0.5, 0.6) is 0 Å². The largest absolute Gasteiger partial charge is 0.389 e. The van der Waals surface area contributed by atoms with Crippen LogP contribution >= 0.6 is 0 Å². The monoisotopic (exact) mass is 224 g/mol. The molecule has 0 rings (SSSR count). The molecule has 0 aliphatic carbocycles. The molecule has 0 aliphatic heterocycles. The first kappa shape index (κ1) is 14.2. The SMILES string of the molecule is CCNC(C#N)COCCCC(F)(F)F. The van der Waals surface area contributed by atoms with Crippen LogP contribution in [0, 0.1) is 11.3 Å². The lowest BCUT2D eigenvalue weighted by atomic mass is 10.3. The first-order valence-electron chi connectivity index (χ1n) is 4.77. The number of halogens is 3. The van der Waals surface area contributed by atoms with Gasteiger partial charge < -0.3 is 10.1 Å². The molecule has 0 saturated heterocycles. The third kappa shape index (κ3) is 9.50. The molecular weight excluding hydrogens is 209 g/mol. The van der Waals surface area contributed by atoms with Crippen LogP contribution in [0.4, 0.5) is 13.2 Å². The molecule has 0 fully saturated rings. The first-order chi connectivity index (χ1) is 6.99. The second-order valence-electron chi connectivity index (χ2n) is 3.03. The van der Waals surface area contributed by atoms with E-state index in [4.69, 9.17) is 10.00 Å². The lowest BCUT2D eigenvalue weighted by Crippen LogP contribution is -2.32. The van der Waals surface area contributed by atoms with Gasteiger partial charge in [0.25, 0.3) is 0 Å². The molecule has 0 aromatic heterocycles. The first-order valence-corrected chi connectivity index (χ1v) is 4.77. The molecule has 0 aromatic carbocycles. The molecule has 1 unspecified atom stereocenters. The van der Waals surface area contributed by atoms with Gasteiger partial charge in [-0.25, -0.2) is 0 Å². The second kappa shape index (κ2) is 7.49. The molecule has 0 saturated carbocycles. The minimum Gasteiger partial charge on any atom is -0.379 e. The highest BCUT2D eigenvalue weighted by Crippen LogP contribution is 2.20. The zero-order valence-electron chi connectivity index (χ0n) is 8.60. The van der Waals surface area contributed by atoms with Crippen molar-refractivity contribution in [1.82, 2.24) is 5.32 Å². The molecule has 0 bridgehead atoms. The summed E-state index contributed by atoms with van der Waals surface area (Å²) in [5.41, 5.74) is 0. The molecule has 15 heavy (non-hydrogen) atoms. The maximum atomic E-state index is 11.7. The van der Waals surface area contributed by atoms with Crippen LogP contribution in [0.1, 0.15) is 19.8 Å². The Morgan fingerprint density at radius 3 is 2.60 bits per heavy atom. The highest BCUT2D eigenvalue weighted by atomic mass is 19.4. The van der Waals surface area contributed by atoms with E-state index < -0.39 is 18.6 Å². The molecule has 0 aliphatic rings.